The first-order chi connectivity index (χ1) is 12.1. The predicted octanol–water partition coefficient (Wildman–Crippen LogP) is 4.95. The van der Waals surface area contributed by atoms with Crippen LogP contribution in [-0.4, -0.2) is 12.5 Å². The molecule has 138 valence electrons. The van der Waals surface area contributed by atoms with Crippen molar-refractivity contribution >= 4 is 17.5 Å². The maximum atomic E-state index is 13.5. The lowest BCUT2D eigenvalue weighted by molar-refractivity contribution is -0.125. The number of benzene rings is 1. The molecule has 0 heterocycles. The van der Waals surface area contributed by atoms with Gasteiger partial charge in [-0.15, -0.1) is 0 Å². The maximum absolute atomic E-state index is 13.5. The van der Waals surface area contributed by atoms with Crippen molar-refractivity contribution in [1.29, 1.82) is 0 Å². The summed E-state index contributed by atoms with van der Waals surface area (Å²) in [4.78, 5) is 11.9. The lowest BCUT2D eigenvalue weighted by Gasteiger charge is -2.29. The summed E-state index contributed by atoms with van der Waals surface area (Å²) >= 11 is 6.23. The molecule has 0 aromatic heterocycles. The zero-order chi connectivity index (χ0) is 17.6. The predicted molar refractivity (Wildman–Crippen MR) is 98.8 cm³/mol. The first kappa shape index (κ1) is 18.7. The molecule has 0 atom stereocenters. The summed E-state index contributed by atoms with van der Waals surface area (Å²) in [6.45, 7) is 0.814. The minimum atomic E-state index is -0.205. The van der Waals surface area contributed by atoms with Crippen LogP contribution in [-0.2, 0) is 4.79 Å². The smallest absolute Gasteiger partial charge is 0.237 e. The summed E-state index contributed by atoms with van der Waals surface area (Å²) in [6.07, 6.45) is 9.86. The number of hydrazine groups is 1. The normalized spacial score (nSPS) is 24.4. The van der Waals surface area contributed by atoms with Crippen LogP contribution in [0.2, 0.25) is 5.02 Å². The van der Waals surface area contributed by atoms with Gasteiger partial charge in [-0.25, -0.2) is 9.82 Å². The van der Waals surface area contributed by atoms with Crippen LogP contribution in [0.4, 0.5) is 4.39 Å². The Morgan fingerprint density at radius 2 is 1.84 bits per heavy atom. The molecule has 2 fully saturated rings. The fourth-order valence-electron chi connectivity index (χ4n) is 4.31. The SMILES string of the molecule is O=C(NNCCC1CCC(c2cc(F)ccc2Cl)CC1)C1CCCC1. The number of halogens is 2. The molecule has 25 heavy (non-hydrogen) atoms. The fourth-order valence-corrected chi connectivity index (χ4v) is 4.58. The molecule has 0 bridgehead atoms. The molecule has 0 unspecified atom stereocenters. The van der Waals surface area contributed by atoms with E-state index in [0.29, 0.717) is 16.9 Å². The van der Waals surface area contributed by atoms with Gasteiger partial charge >= 0.3 is 0 Å². The van der Waals surface area contributed by atoms with Crippen LogP contribution in [0.15, 0.2) is 18.2 Å². The Labute approximate surface area is 154 Å². The molecule has 1 aromatic carbocycles. The number of hydrogen-bond acceptors (Lipinski definition) is 2. The van der Waals surface area contributed by atoms with Crippen molar-refractivity contribution < 1.29 is 9.18 Å². The summed E-state index contributed by atoms with van der Waals surface area (Å²) in [7, 11) is 0. The number of carbonyl (C=O) groups is 1. The van der Waals surface area contributed by atoms with Gasteiger partial charge in [-0.2, -0.15) is 0 Å². The number of amides is 1. The second-order valence-electron chi connectivity index (χ2n) is 7.57. The second-order valence-corrected chi connectivity index (χ2v) is 7.98. The highest BCUT2D eigenvalue weighted by molar-refractivity contribution is 6.31. The third-order valence-corrected chi connectivity index (χ3v) is 6.20. The first-order valence-corrected chi connectivity index (χ1v) is 9.99. The standard InChI is InChI=1S/C20H28ClFN2O/c21-19-10-9-17(22)13-18(19)15-7-5-14(6-8-15)11-12-23-24-20(25)16-3-1-2-4-16/h9-10,13-16,23H,1-8,11-12H2,(H,24,25). The molecule has 0 radical (unpaired) electrons. The Kier molecular flexibility index (Phi) is 6.71. The molecule has 0 aliphatic heterocycles. The second kappa shape index (κ2) is 9.00. The number of nitrogens with one attached hydrogen (secondary N) is 2. The van der Waals surface area contributed by atoms with Crippen LogP contribution in [0.1, 0.15) is 69.3 Å². The van der Waals surface area contributed by atoms with Gasteiger partial charge in [-0.3, -0.25) is 10.2 Å². The summed E-state index contributed by atoms with van der Waals surface area (Å²) in [5.41, 5.74) is 6.92. The molecule has 0 spiro atoms. The summed E-state index contributed by atoms with van der Waals surface area (Å²) in [6, 6.07) is 4.67. The van der Waals surface area contributed by atoms with Crippen molar-refractivity contribution in [1.82, 2.24) is 10.9 Å². The largest absolute Gasteiger partial charge is 0.291 e. The quantitative estimate of drug-likeness (QED) is 0.552. The lowest BCUT2D eigenvalue weighted by atomic mass is 9.77. The van der Waals surface area contributed by atoms with Gasteiger partial charge in [0.2, 0.25) is 5.91 Å². The van der Waals surface area contributed by atoms with Gasteiger partial charge in [-0.05, 0) is 80.5 Å². The average molecular weight is 367 g/mol. The van der Waals surface area contributed by atoms with Crippen molar-refractivity contribution in [2.24, 2.45) is 11.8 Å². The zero-order valence-electron chi connectivity index (χ0n) is 14.7. The van der Waals surface area contributed by atoms with Crippen LogP contribution in [0.3, 0.4) is 0 Å². The number of rotatable bonds is 6. The van der Waals surface area contributed by atoms with Crippen molar-refractivity contribution in [3.8, 4) is 0 Å². The summed E-state index contributed by atoms with van der Waals surface area (Å²) in [5.74, 6) is 1.19. The Morgan fingerprint density at radius 1 is 1.12 bits per heavy atom. The van der Waals surface area contributed by atoms with Crippen LogP contribution in [0.25, 0.3) is 0 Å². The lowest BCUT2D eigenvalue weighted by Crippen LogP contribution is -2.41. The van der Waals surface area contributed by atoms with E-state index in [9.17, 15) is 9.18 Å². The molecule has 1 amide bonds. The topological polar surface area (TPSA) is 41.1 Å². The Balaban J connectivity index is 1.35. The van der Waals surface area contributed by atoms with Gasteiger partial charge < -0.3 is 0 Å². The average Bonchev–Trinajstić information content (AvgIpc) is 3.16. The van der Waals surface area contributed by atoms with Gasteiger partial charge in [0.1, 0.15) is 5.82 Å². The van der Waals surface area contributed by atoms with Crippen LogP contribution in [0, 0.1) is 17.7 Å². The molecule has 2 saturated carbocycles. The minimum Gasteiger partial charge on any atom is -0.291 e. The van der Waals surface area contributed by atoms with E-state index in [1.165, 1.54) is 18.9 Å². The Hall–Kier alpha value is -1.13. The molecular weight excluding hydrogens is 339 g/mol. The fraction of sp³-hybridized carbons (Fsp3) is 0.650. The van der Waals surface area contributed by atoms with Gasteiger partial charge in [0.25, 0.3) is 0 Å². The molecule has 1 aromatic rings. The molecule has 5 heteroatoms. The van der Waals surface area contributed by atoms with E-state index in [2.05, 4.69) is 10.9 Å². The van der Waals surface area contributed by atoms with Crippen LogP contribution < -0.4 is 10.9 Å². The van der Waals surface area contributed by atoms with E-state index >= 15 is 0 Å². The molecule has 3 nitrogen and oxygen atoms in total. The third kappa shape index (κ3) is 5.18. The maximum Gasteiger partial charge on any atom is 0.237 e. The number of carbonyl (C=O) groups excluding carboxylic acids is 1. The van der Waals surface area contributed by atoms with Gasteiger partial charge in [0, 0.05) is 17.5 Å². The van der Waals surface area contributed by atoms with E-state index in [1.54, 1.807) is 12.1 Å². The van der Waals surface area contributed by atoms with Crippen LogP contribution in [0.5, 0.6) is 0 Å². The van der Waals surface area contributed by atoms with Gasteiger partial charge in [0.05, 0.1) is 0 Å². The molecule has 2 aliphatic rings. The Morgan fingerprint density at radius 3 is 2.56 bits per heavy atom. The molecule has 3 rings (SSSR count). The highest BCUT2D eigenvalue weighted by atomic mass is 35.5. The van der Waals surface area contributed by atoms with Crippen molar-refractivity contribution in [3.63, 3.8) is 0 Å². The summed E-state index contributed by atoms with van der Waals surface area (Å²) < 4.78 is 13.5. The van der Waals surface area contributed by atoms with E-state index < -0.39 is 0 Å². The highest BCUT2D eigenvalue weighted by Crippen LogP contribution is 2.39. The highest BCUT2D eigenvalue weighted by Gasteiger charge is 2.25. The van der Waals surface area contributed by atoms with Gasteiger partial charge in [0.15, 0.2) is 0 Å². The van der Waals surface area contributed by atoms with Gasteiger partial charge in [-0.1, -0.05) is 24.4 Å². The molecular formula is C20H28ClFN2O. The number of hydrogen-bond donors (Lipinski definition) is 2. The van der Waals surface area contributed by atoms with Crippen molar-refractivity contribution in [2.75, 3.05) is 6.54 Å². The molecule has 0 saturated heterocycles. The minimum absolute atomic E-state index is 0.155. The summed E-state index contributed by atoms with van der Waals surface area (Å²) in [5, 5.41) is 0.682. The van der Waals surface area contributed by atoms with Crippen molar-refractivity contribution in [3.05, 3.63) is 34.6 Å². The van der Waals surface area contributed by atoms with E-state index in [4.69, 9.17) is 11.6 Å². The van der Waals surface area contributed by atoms with E-state index in [0.717, 1.165) is 57.1 Å². The zero-order valence-corrected chi connectivity index (χ0v) is 15.5. The monoisotopic (exact) mass is 366 g/mol. The van der Waals surface area contributed by atoms with Crippen molar-refractivity contribution in [2.45, 2.75) is 63.7 Å². The van der Waals surface area contributed by atoms with E-state index in [1.807, 2.05) is 0 Å². The first-order valence-electron chi connectivity index (χ1n) is 9.61. The Bertz CT molecular complexity index is 581. The third-order valence-electron chi connectivity index (χ3n) is 5.86. The molecule has 2 N–H and O–H groups in total. The van der Waals surface area contributed by atoms with E-state index in [-0.39, 0.29) is 17.6 Å². The van der Waals surface area contributed by atoms with Crippen LogP contribution >= 0.6 is 11.6 Å². The molecule has 2 aliphatic carbocycles.